The highest BCUT2D eigenvalue weighted by Gasteiger charge is 2.20. The Labute approximate surface area is 162 Å². The summed E-state index contributed by atoms with van der Waals surface area (Å²) in [6.45, 7) is 0.597. The van der Waals surface area contributed by atoms with Gasteiger partial charge < -0.3 is 14.4 Å². The molecule has 5 heteroatoms. The number of methoxy groups -OCH3 is 1. The topological polar surface area (TPSA) is 47.3 Å². The van der Waals surface area contributed by atoms with Crippen molar-refractivity contribution in [2.24, 2.45) is 0 Å². The molecule has 0 aliphatic carbocycles. The van der Waals surface area contributed by atoms with E-state index in [4.69, 9.17) is 21.3 Å². The Kier molecular flexibility index (Phi) is 4.84. The fourth-order valence-corrected chi connectivity index (χ4v) is 3.30. The molecule has 4 aromatic rings. The van der Waals surface area contributed by atoms with Gasteiger partial charge in [-0.3, -0.25) is 0 Å². The van der Waals surface area contributed by atoms with Crippen molar-refractivity contribution in [3.8, 4) is 5.75 Å². The minimum atomic E-state index is -0.837. The van der Waals surface area contributed by atoms with Crippen LogP contribution in [0, 0.1) is 0 Å². The molecule has 0 amide bonds. The summed E-state index contributed by atoms with van der Waals surface area (Å²) >= 11 is 6.01. The number of para-hydroxylation sites is 2. The predicted octanol–water partition coefficient (Wildman–Crippen LogP) is 4.83. The molecule has 4 nitrogen and oxygen atoms in total. The van der Waals surface area contributed by atoms with Gasteiger partial charge in [0.25, 0.3) is 0 Å². The normalized spacial score (nSPS) is 12.3. The van der Waals surface area contributed by atoms with Crippen LogP contribution >= 0.6 is 11.6 Å². The highest BCUT2D eigenvalue weighted by atomic mass is 35.5. The lowest BCUT2D eigenvalue weighted by atomic mass is 10.1. The van der Waals surface area contributed by atoms with E-state index in [-0.39, 0.29) is 0 Å². The maximum absolute atomic E-state index is 11.0. The highest BCUT2D eigenvalue weighted by molar-refractivity contribution is 6.30. The molecule has 0 bridgehead atoms. The highest BCUT2D eigenvalue weighted by Crippen LogP contribution is 2.28. The van der Waals surface area contributed by atoms with Gasteiger partial charge >= 0.3 is 0 Å². The molecule has 0 aliphatic heterocycles. The lowest BCUT2D eigenvalue weighted by Gasteiger charge is -2.15. The van der Waals surface area contributed by atoms with E-state index in [1.165, 1.54) is 0 Å². The molecule has 0 unspecified atom stereocenters. The number of imidazole rings is 1. The van der Waals surface area contributed by atoms with Gasteiger partial charge in [0.2, 0.25) is 0 Å². The van der Waals surface area contributed by atoms with E-state index in [2.05, 4.69) is 0 Å². The van der Waals surface area contributed by atoms with Crippen LogP contribution in [0.4, 0.5) is 0 Å². The molecule has 4 rings (SSSR count). The summed E-state index contributed by atoms with van der Waals surface area (Å²) in [6, 6.07) is 23.0. The first-order chi connectivity index (χ1) is 13.2. The largest absolute Gasteiger partial charge is 0.497 e. The lowest BCUT2D eigenvalue weighted by Crippen LogP contribution is -2.11. The maximum atomic E-state index is 11.0. The van der Waals surface area contributed by atoms with Gasteiger partial charge in [-0.1, -0.05) is 48.0 Å². The first-order valence-corrected chi connectivity index (χ1v) is 9.05. The van der Waals surface area contributed by atoms with Crippen molar-refractivity contribution in [2.45, 2.75) is 12.6 Å². The number of rotatable bonds is 5. The fraction of sp³-hybridized carbons (Fsp3) is 0.136. The second kappa shape index (κ2) is 7.43. The zero-order valence-electron chi connectivity index (χ0n) is 14.8. The molecule has 0 aliphatic rings. The number of aliphatic hydroxyl groups excluding tert-OH is 1. The molecule has 1 atom stereocenters. The van der Waals surface area contributed by atoms with Gasteiger partial charge in [-0.15, -0.1) is 0 Å². The summed E-state index contributed by atoms with van der Waals surface area (Å²) in [5.74, 6) is 1.36. The lowest BCUT2D eigenvalue weighted by molar-refractivity contribution is 0.206. The van der Waals surface area contributed by atoms with Gasteiger partial charge in [-0.25, -0.2) is 4.98 Å². The molecule has 0 saturated carbocycles. The summed E-state index contributed by atoms with van der Waals surface area (Å²) in [4.78, 5) is 4.70. The molecule has 0 radical (unpaired) electrons. The van der Waals surface area contributed by atoms with Crippen molar-refractivity contribution >= 4 is 22.6 Å². The summed E-state index contributed by atoms with van der Waals surface area (Å²) in [5.41, 5.74) is 3.69. The van der Waals surface area contributed by atoms with E-state index < -0.39 is 6.10 Å². The maximum Gasteiger partial charge on any atom is 0.143 e. The van der Waals surface area contributed by atoms with Crippen LogP contribution in [0.5, 0.6) is 5.75 Å². The van der Waals surface area contributed by atoms with Crippen LogP contribution in [0.1, 0.15) is 23.1 Å². The first kappa shape index (κ1) is 17.6. The van der Waals surface area contributed by atoms with Crippen LogP contribution in [0.3, 0.4) is 0 Å². The minimum absolute atomic E-state index is 0.597. The molecular formula is C22H19ClN2O2. The van der Waals surface area contributed by atoms with Crippen molar-refractivity contribution in [1.29, 1.82) is 0 Å². The van der Waals surface area contributed by atoms with E-state index in [0.29, 0.717) is 17.4 Å². The van der Waals surface area contributed by atoms with Crippen LogP contribution in [0.15, 0.2) is 72.8 Å². The van der Waals surface area contributed by atoms with Gasteiger partial charge in [0, 0.05) is 11.6 Å². The molecule has 0 spiro atoms. The monoisotopic (exact) mass is 378 g/mol. The predicted molar refractivity (Wildman–Crippen MR) is 107 cm³/mol. The molecule has 0 saturated heterocycles. The third-order valence-electron chi connectivity index (χ3n) is 4.61. The number of nitrogens with zero attached hydrogens (tertiary/aromatic N) is 2. The van der Waals surface area contributed by atoms with Crippen molar-refractivity contribution in [2.75, 3.05) is 7.11 Å². The third-order valence-corrected chi connectivity index (χ3v) is 4.87. The van der Waals surface area contributed by atoms with Gasteiger partial charge in [0.1, 0.15) is 17.7 Å². The first-order valence-electron chi connectivity index (χ1n) is 8.67. The Balaban J connectivity index is 1.77. The Morgan fingerprint density at radius 3 is 2.41 bits per heavy atom. The molecule has 27 heavy (non-hydrogen) atoms. The Morgan fingerprint density at radius 1 is 1.00 bits per heavy atom. The number of hydrogen-bond acceptors (Lipinski definition) is 3. The summed E-state index contributed by atoms with van der Waals surface area (Å²) in [6.07, 6.45) is -0.837. The van der Waals surface area contributed by atoms with Gasteiger partial charge in [0.15, 0.2) is 0 Å². The molecule has 3 aromatic carbocycles. The van der Waals surface area contributed by atoms with Crippen LogP contribution < -0.4 is 4.74 Å². The second-order valence-corrected chi connectivity index (χ2v) is 6.78. The van der Waals surface area contributed by atoms with Crippen molar-refractivity contribution in [3.63, 3.8) is 0 Å². The molecular weight excluding hydrogens is 360 g/mol. The second-order valence-electron chi connectivity index (χ2n) is 6.35. The molecule has 136 valence electrons. The molecule has 1 aromatic heterocycles. The van der Waals surface area contributed by atoms with Crippen molar-refractivity contribution in [3.05, 3.63) is 94.8 Å². The number of ether oxygens (including phenoxy) is 1. The number of hydrogen-bond donors (Lipinski definition) is 1. The third kappa shape index (κ3) is 3.54. The average molecular weight is 379 g/mol. The van der Waals surface area contributed by atoms with E-state index in [1.54, 1.807) is 7.11 Å². The van der Waals surface area contributed by atoms with E-state index in [1.807, 2.05) is 77.4 Å². The standard InChI is InChI=1S/C22H19ClN2O2/c1-27-18-12-8-16(9-13-18)21(26)22-24-19-4-2-3-5-20(19)25(22)14-15-6-10-17(23)11-7-15/h2-13,21,26H,14H2,1H3/t21-/m1/s1. The van der Waals surface area contributed by atoms with Crippen LogP contribution in [-0.2, 0) is 6.54 Å². The van der Waals surface area contributed by atoms with Crippen molar-refractivity contribution < 1.29 is 9.84 Å². The molecule has 1 N–H and O–H groups in total. The van der Waals surface area contributed by atoms with Gasteiger partial charge in [-0.05, 0) is 47.5 Å². The summed E-state index contributed by atoms with van der Waals surface area (Å²) in [7, 11) is 1.62. The van der Waals surface area contributed by atoms with Gasteiger partial charge in [-0.2, -0.15) is 0 Å². The van der Waals surface area contributed by atoms with E-state index in [9.17, 15) is 5.11 Å². The Hall–Kier alpha value is -2.82. The minimum Gasteiger partial charge on any atom is -0.497 e. The number of aliphatic hydroxyl groups is 1. The van der Waals surface area contributed by atoms with Gasteiger partial charge in [0.05, 0.1) is 18.1 Å². The molecule has 0 fully saturated rings. The number of aromatic nitrogens is 2. The van der Waals surface area contributed by atoms with Crippen LogP contribution in [-0.4, -0.2) is 21.8 Å². The Morgan fingerprint density at radius 2 is 1.70 bits per heavy atom. The fourth-order valence-electron chi connectivity index (χ4n) is 3.18. The average Bonchev–Trinajstić information content (AvgIpc) is 3.08. The molecule has 1 heterocycles. The zero-order valence-corrected chi connectivity index (χ0v) is 15.6. The smallest absolute Gasteiger partial charge is 0.143 e. The number of fused-ring (bicyclic) bond motifs is 1. The van der Waals surface area contributed by atoms with Crippen LogP contribution in [0.2, 0.25) is 5.02 Å². The Bertz CT molecular complexity index is 1060. The number of halogens is 1. The SMILES string of the molecule is COc1ccc([C@@H](O)c2nc3ccccc3n2Cc2ccc(Cl)cc2)cc1. The van der Waals surface area contributed by atoms with Crippen molar-refractivity contribution in [1.82, 2.24) is 9.55 Å². The number of benzene rings is 3. The zero-order chi connectivity index (χ0) is 18.8. The summed E-state index contributed by atoms with van der Waals surface area (Å²) < 4.78 is 7.25. The van der Waals surface area contributed by atoms with E-state index >= 15 is 0 Å². The van der Waals surface area contributed by atoms with Crippen LogP contribution in [0.25, 0.3) is 11.0 Å². The summed E-state index contributed by atoms with van der Waals surface area (Å²) in [5, 5.41) is 11.7. The van der Waals surface area contributed by atoms with E-state index in [0.717, 1.165) is 27.9 Å². The quantitative estimate of drug-likeness (QED) is 0.541.